The molecule has 0 saturated carbocycles. The van der Waals surface area contributed by atoms with E-state index in [1.54, 1.807) is 0 Å². The Balaban J connectivity index is -0.0000000408. The summed E-state index contributed by atoms with van der Waals surface area (Å²) in [5.74, 6) is 0. The summed E-state index contributed by atoms with van der Waals surface area (Å²) in [7, 11) is 29.8. The normalized spacial score (nSPS) is 9.08. The molecular formula is C8H24Cl6N4O4Pt2. The van der Waals surface area contributed by atoms with E-state index in [0.717, 1.165) is 0 Å². The molecule has 16 heteroatoms. The first-order valence-electron chi connectivity index (χ1n) is 5.40. The molecule has 0 radical (unpaired) electrons. The zero-order chi connectivity index (χ0) is 20.9. The molecule has 0 aliphatic carbocycles. The fraction of sp³-hybridized carbons (Fsp3) is 1.00. The van der Waals surface area contributed by atoms with Gasteiger partial charge in [-0.25, -0.2) is 0 Å². The number of rotatable bonds is 4. The summed E-state index contributed by atoms with van der Waals surface area (Å²) in [6.07, 6.45) is 0. The van der Waals surface area contributed by atoms with Crippen molar-refractivity contribution in [2.24, 2.45) is 0 Å². The molecule has 162 valence electrons. The van der Waals surface area contributed by atoms with Gasteiger partial charge in [0.15, 0.2) is 0 Å². The van der Waals surface area contributed by atoms with Gasteiger partial charge in [0.05, 0.1) is 0 Å². The van der Waals surface area contributed by atoms with Crippen LogP contribution in [0.3, 0.4) is 0 Å². The molecule has 8 nitrogen and oxygen atoms in total. The monoisotopic (exact) mass is 840 g/mol. The zero-order valence-corrected chi connectivity index (χ0v) is 21.4. The molecule has 0 aromatic carbocycles. The van der Waals surface area contributed by atoms with Crippen LogP contribution in [0.15, 0.2) is 0 Å². The van der Waals surface area contributed by atoms with Crippen LogP contribution >= 0.6 is 56.5 Å². The van der Waals surface area contributed by atoms with Gasteiger partial charge < -0.3 is 43.4 Å². The Bertz CT molecular complexity index is 130. The van der Waals surface area contributed by atoms with Gasteiger partial charge in [-0.1, -0.05) is 0 Å². The van der Waals surface area contributed by atoms with Crippen LogP contribution in [0.2, 0.25) is 0 Å². The van der Waals surface area contributed by atoms with E-state index < -0.39 is 28.4 Å². The Hall–Kier alpha value is 2.80. The third-order valence-corrected chi connectivity index (χ3v) is 0.447. The molecule has 0 aliphatic heterocycles. The quantitative estimate of drug-likeness (QED) is 0.331. The first-order chi connectivity index (χ1) is 11.1. The first kappa shape index (κ1) is 41.2. The minimum atomic E-state index is -3.06. The fourth-order valence-electron chi connectivity index (χ4n) is 0. The van der Waals surface area contributed by atoms with Crippen molar-refractivity contribution in [1.29, 1.82) is 0 Å². The fourth-order valence-corrected chi connectivity index (χ4v) is 0. The van der Waals surface area contributed by atoms with Crippen LogP contribution < -0.4 is 0 Å². The third kappa shape index (κ3) is 304. The maximum absolute atomic E-state index is 7.69. The molecule has 0 spiro atoms. The van der Waals surface area contributed by atoms with E-state index in [2.05, 4.69) is 0 Å². The van der Waals surface area contributed by atoms with Gasteiger partial charge in [-0.3, -0.25) is 0 Å². The van der Waals surface area contributed by atoms with E-state index in [1.165, 1.54) is 0 Å². The maximum Gasteiger partial charge on any atom is 0.0241 e. The summed E-state index contributed by atoms with van der Waals surface area (Å²) in [6.45, 7) is 0.444. The third-order valence-electron chi connectivity index (χ3n) is 0.447. The van der Waals surface area contributed by atoms with E-state index in [-0.39, 0.29) is 52.6 Å². The standard InChI is InChI=1S/4C2H6NO.6ClH.2Pt/c4*3-1-2-4;;;;;;;;/h4*3-4H,1-2H2;6*1H;;/q4*-1;;;;;;;+4;+6/p-6. The van der Waals surface area contributed by atoms with Crippen molar-refractivity contribution < 1.29 is 48.8 Å². The second kappa shape index (κ2) is 50.1. The maximum atomic E-state index is 7.69. The summed E-state index contributed by atoms with van der Waals surface area (Å²) in [6, 6.07) is 0. The van der Waals surface area contributed by atoms with Crippen LogP contribution in [-0.4, -0.2) is 73.0 Å². The molecule has 0 rings (SSSR count). The molecule has 0 atom stereocenters. The second-order valence-corrected chi connectivity index (χ2v) is 25.2. The van der Waals surface area contributed by atoms with Gasteiger partial charge in [0.25, 0.3) is 0 Å². The molecule has 0 heterocycles. The second-order valence-electron chi connectivity index (χ2n) is 2.21. The van der Waals surface area contributed by atoms with Crippen molar-refractivity contribution in [3.8, 4) is 0 Å². The summed E-state index contributed by atoms with van der Waals surface area (Å²) in [4.78, 5) is 0. The van der Waals surface area contributed by atoms with Gasteiger partial charge in [0, 0.05) is 26.4 Å². The first-order valence-corrected chi connectivity index (χ1v) is 22.3. The Kier molecular flexibility index (Phi) is 86.0. The SMILES string of the molecule is [Cl][Pt+2]([Cl])([Cl])[Cl].[Cl][Pt+2][Cl].[NH-]CCO.[NH-]CCO.[NH-]CCO.[NH-]CCO. The van der Waals surface area contributed by atoms with E-state index in [9.17, 15) is 0 Å². The van der Waals surface area contributed by atoms with Crippen LogP contribution in [0, 0.1) is 0 Å². The predicted molar refractivity (Wildman–Crippen MR) is 100 cm³/mol. The summed E-state index contributed by atoms with van der Waals surface area (Å²) in [5, 5.41) is 30.8. The average molecular weight is 843 g/mol. The van der Waals surface area contributed by atoms with Crippen molar-refractivity contribution in [3.63, 3.8) is 0 Å². The summed E-state index contributed by atoms with van der Waals surface area (Å²) < 4.78 is 0. The van der Waals surface area contributed by atoms with E-state index in [4.69, 9.17) is 99.9 Å². The summed E-state index contributed by atoms with van der Waals surface area (Å²) >= 11 is -3.53. The van der Waals surface area contributed by atoms with Gasteiger partial charge in [-0.05, 0) is 0 Å². The average Bonchev–Trinajstić information content (AvgIpc) is 2.54. The van der Waals surface area contributed by atoms with Gasteiger partial charge in [-0.15, -0.1) is 26.2 Å². The molecule has 0 aliphatic rings. The molecular weight excluding hydrogens is 819 g/mol. The van der Waals surface area contributed by atoms with Crippen molar-refractivity contribution >= 4 is 56.5 Å². The van der Waals surface area contributed by atoms with E-state index >= 15 is 0 Å². The zero-order valence-electron chi connectivity index (χ0n) is 12.3. The van der Waals surface area contributed by atoms with Crippen molar-refractivity contribution in [1.82, 2.24) is 0 Å². The number of hydrogen-bond donors (Lipinski definition) is 4. The minimum absolute atomic E-state index is 0.0139. The number of hydrogen-bond acceptors (Lipinski definition) is 4. The van der Waals surface area contributed by atoms with Crippen LogP contribution in [0.5, 0.6) is 0 Å². The van der Waals surface area contributed by atoms with Crippen LogP contribution in [0.25, 0.3) is 22.9 Å². The van der Waals surface area contributed by atoms with E-state index in [0.29, 0.717) is 0 Å². The van der Waals surface area contributed by atoms with Crippen molar-refractivity contribution in [2.45, 2.75) is 0 Å². The van der Waals surface area contributed by atoms with Crippen LogP contribution in [0.4, 0.5) is 0 Å². The van der Waals surface area contributed by atoms with Gasteiger partial charge in [-0.2, -0.15) is 0 Å². The Morgan fingerprint density at radius 3 is 0.625 bits per heavy atom. The number of halogens is 6. The van der Waals surface area contributed by atoms with Crippen molar-refractivity contribution in [2.75, 3.05) is 52.6 Å². The number of nitrogens with one attached hydrogen (secondary N) is 4. The van der Waals surface area contributed by atoms with Crippen molar-refractivity contribution in [3.05, 3.63) is 22.9 Å². The molecule has 0 fully saturated rings. The van der Waals surface area contributed by atoms with Gasteiger partial charge in [0.2, 0.25) is 0 Å². The Morgan fingerprint density at radius 2 is 0.625 bits per heavy atom. The smallest absolute Gasteiger partial charge is 0.0241 e. The molecule has 0 aromatic rings. The minimum Gasteiger partial charge on any atom is -0.676 e. The Labute approximate surface area is 179 Å². The predicted octanol–water partition coefficient (Wildman–Crippen LogP) is 4.26. The van der Waals surface area contributed by atoms with Crippen LogP contribution in [-0.2, 0) is 28.4 Å². The molecule has 8 N–H and O–H groups in total. The number of aliphatic hydroxyl groups is 4. The largest absolute Gasteiger partial charge is 0.676 e. The Morgan fingerprint density at radius 1 is 0.583 bits per heavy atom. The molecule has 0 bridgehead atoms. The number of aliphatic hydroxyl groups excluding tert-OH is 4. The molecule has 0 aromatic heterocycles. The van der Waals surface area contributed by atoms with Gasteiger partial charge in [0.1, 0.15) is 0 Å². The molecule has 0 unspecified atom stereocenters. The molecule has 24 heavy (non-hydrogen) atoms. The summed E-state index contributed by atoms with van der Waals surface area (Å²) in [5.41, 5.74) is 24.8. The molecule has 0 amide bonds. The topological polar surface area (TPSA) is 176 Å². The van der Waals surface area contributed by atoms with Crippen LogP contribution in [0.1, 0.15) is 0 Å². The van der Waals surface area contributed by atoms with Gasteiger partial charge >= 0.3 is 84.9 Å². The van der Waals surface area contributed by atoms with E-state index in [1.807, 2.05) is 0 Å². The molecule has 0 saturated heterocycles.